The van der Waals surface area contributed by atoms with Gasteiger partial charge in [-0.3, -0.25) is 0 Å². The van der Waals surface area contributed by atoms with E-state index in [0.717, 1.165) is 42.0 Å². The van der Waals surface area contributed by atoms with E-state index >= 15 is 0 Å². The van der Waals surface area contributed by atoms with E-state index in [9.17, 15) is 0 Å². The van der Waals surface area contributed by atoms with E-state index in [2.05, 4.69) is 42.0 Å². The van der Waals surface area contributed by atoms with E-state index in [1.165, 1.54) is 5.56 Å². The summed E-state index contributed by atoms with van der Waals surface area (Å²) < 4.78 is 6.58. The van der Waals surface area contributed by atoms with Gasteiger partial charge in [-0.05, 0) is 30.4 Å². The summed E-state index contributed by atoms with van der Waals surface area (Å²) in [5, 5.41) is 0. The number of nitrogens with one attached hydrogen (secondary N) is 1. The topological polar surface area (TPSA) is 37.9 Å². The standard InChI is InChI=1S/C16H18N2OS/c1-10(2)13-14(17-9-18-16(13)20)12-7-3-5-11-6-4-8-19-15(11)12/h3,5,7,9-10H,4,6,8H2,1-2H3,(H,17,18,20). The maximum atomic E-state index is 5.91. The molecule has 1 aromatic heterocycles. The third kappa shape index (κ3) is 2.24. The first-order chi connectivity index (χ1) is 9.68. The van der Waals surface area contributed by atoms with Crippen molar-refractivity contribution in [1.29, 1.82) is 0 Å². The number of aromatic amines is 1. The molecule has 1 aliphatic heterocycles. The number of nitrogens with zero attached hydrogens (tertiary/aromatic N) is 1. The Hall–Kier alpha value is -1.68. The maximum Gasteiger partial charge on any atom is 0.133 e. The zero-order chi connectivity index (χ0) is 14.1. The molecule has 3 nitrogen and oxygen atoms in total. The number of fused-ring (bicyclic) bond motifs is 1. The fraction of sp³-hybridized carbons (Fsp3) is 0.375. The van der Waals surface area contributed by atoms with Crippen molar-refractivity contribution in [3.05, 3.63) is 40.3 Å². The summed E-state index contributed by atoms with van der Waals surface area (Å²) in [5.41, 5.74) is 4.50. The minimum atomic E-state index is 0.321. The lowest BCUT2D eigenvalue weighted by Gasteiger charge is -2.22. The SMILES string of the molecule is CC(C)c1c(-c2cccc3c2OCCC3)[nH]cnc1=S. The van der Waals surface area contributed by atoms with Crippen molar-refractivity contribution in [2.24, 2.45) is 0 Å². The molecule has 3 rings (SSSR count). The fourth-order valence-electron chi connectivity index (χ4n) is 2.75. The van der Waals surface area contributed by atoms with Crippen molar-refractivity contribution in [1.82, 2.24) is 9.97 Å². The van der Waals surface area contributed by atoms with Crippen LogP contribution in [0.5, 0.6) is 5.75 Å². The molecule has 4 heteroatoms. The van der Waals surface area contributed by atoms with E-state index in [-0.39, 0.29) is 0 Å². The lowest BCUT2D eigenvalue weighted by Crippen LogP contribution is -2.10. The Labute approximate surface area is 124 Å². The van der Waals surface area contributed by atoms with Crippen LogP contribution in [0.25, 0.3) is 11.3 Å². The molecule has 0 unspecified atom stereocenters. The number of aromatic nitrogens is 2. The molecule has 0 amide bonds. The predicted octanol–water partition coefficient (Wildman–Crippen LogP) is 4.25. The Bertz CT molecular complexity index is 691. The van der Waals surface area contributed by atoms with Gasteiger partial charge >= 0.3 is 0 Å². The lowest BCUT2D eigenvalue weighted by molar-refractivity contribution is 0.289. The van der Waals surface area contributed by atoms with Gasteiger partial charge in [0.1, 0.15) is 10.4 Å². The van der Waals surface area contributed by atoms with Crippen LogP contribution in [0.15, 0.2) is 24.5 Å². The van der Waals surface area contributed by atoms with Gasteiger partial charge in [-0.25, -0.2) is 4.98 Å². The van der Waals surface area contributed by atoms with Crippen LogP contribution < -0.4 is 4.74 Å². The largest absolute Gasteiger partial charge is 0.493 e. The number of H-pyrrole nitrogens is 1. The molecule has 0 radical (unpaired) electrons. The summed E-state index contributed by atoms with van der Waals surface area (Å²) in [6, 6.07) is 6.32. The molecule has 0 aliphatic carbocycles. The van der Waals surface area contributed by atoms with Crippen molar-refractivity contribution in [2.45, 2.75) is 32.6 Å². The molecule has 1 N–H and O–H groups in total. The Morgan fingerprint density at radius 2 is 2.20 bits per heavy atom. The van der Waals surface area contributed by atoms with Crippen molar-refractivity contribution in [3.8, 4) is 17.0 Å². The third-order valence-electron chi connectivity index (χ3n) is 3.67. The van der Waals surface area contributed by atoms with Crippen molar-refractivity contribution < 1.29 is 4.74 Å². The molecule has 2 heterocycles. The molecule has 0 atom stereocenters. The molecule has 0 bridgehead atoms. The number of benzene rings is 1. The Balaban J connectivity index is 2.25. The summed E-state index contributed by atoms with van der Waals surface area (Å²) >= 11 is 5.40. The quantitative estimate of drug-likeness (QED) is 0.838. The molecular formula is C16H18N2OS. The minimum Gasteiger partial charge on any atom is -0.493 e. The second-order valence-electron chi connectivity index (χ2n) is 5.40. The summed E-state index contributed by atoms with van der Waals surface area (Å²) in [6.45, 7) is 5.06. The van der Waals surface area contributed by atoms with Crippen molar-refractivity contribution in [3.63, 3.8) is 0 Å². The van der Waals surface area contributed by atoms with Gasteiger partial charge in [0.2, 0.25) is 0 Å². The highest BCUT2D eigenvalue weighted by atomic mass is 32.1. The number of ether oxygens (including phenoxy) is 1. The molecule has 0 fully saturated rings. The van der Waals surface area contributed by atoms with Gasteiger partial charge in [0.15, 0.2) is 0 Å². The van der Waals surface area contributed by atoms with E-state index in [1.807, 2.05) is 0 Å². The first kappa shape index (κ1) is 13.3. The van der Waals surface area contributed by atoms with Crippen LogP contribution in [0, 0.1) is 4.64 Å². The van der Waals surface area contributed by atoms with Crippen LogP contribution in [-0.2, 0) is 6.42 Å². The maximum absolute atomic E-state index is 5.91. The highest BCUT2D eigenvalue weighted by Gasteiger charge is 2.19. The molecule has 2 aromatic rings. The number of para-hydroxylation sites is 1. The van der Waals surface area contributed by atoms with E-state index in [4.69, 9.17) is 17.0 Å². The van der Waals surface area contributed by atoms with Crippen LogP contribution in [0.2, 0.25) is 0 Å². The molecule has 0 spiro atoms. The average molecular weight is 286 g/mol. The first-order valence-corrected chi connectivity index (χ1v) is 7.42. The number of hydrogen-bond donors (Lipinski definition) is 1. The summed E-state index contributed by atoms with van der Waals surface area (Å²) in [6.07, 6.45) is 3.83. The molecule has 0 saturated carbocycles. The average Bonchev–Trinajstić information content (AvgIpc) is 2.46. The lowest BCUT2D eigenvalue weighted by atomic mass is 9.95. The molecule has 0 saturated heterocycles. The van der Waals surface area contributed by atoms with Crippen molar-refractivity contribution >= 4 is 12.2 Å². The highest BCUT2D eigenvalue weighted by molar-refractivity contribution is 7.71. The van der Waals surface area contributed by atoms with Crippen LogP contribution >= 0.6 is 12.2 Å². The third-order valence-corrected chi connectivity index (χ3v) is 4.00. The molecule has 104 valence electrons. The van der Waals surface area contributed by atoms with Crippen LogP contribution in [0.1, 0.15) is 37.3 Å². The molecule has 20 heavy (non-hydrogen) atoms. The van der Waals surface area contributed by atoms with Crippen LogP contribution in [-0.4, -0.2) is 16.6 Å². The Morgan fingerprint density at radius 3 is 3.00 bits per heavy atom. The predicted molar refractivity (Wildman–Crippen MR) is 82.8 cm³/mol. The number of hydrogen-bond acceptors (Lipinski definition) is 3. The zero-order valence-electron chi connectivity index (χ0n) is 11.8. The molecule has 1 aliphatic rings. The zero-order valence-corrected chi connectivity index (χ0v) is 12.6. The summed E-state index contributed by atoms with van der Waals surface area (Å²) in [7, 11) is 0. The Morgan fingerprint density at radius 1 is 1.35 bits per heavy atom. The van der Waals surface area contributed by atoms with E-state index in [1.54, 1.807) is 6.33 Å². The number of aryl methyl sites for hydroxylation is 1. The van der Waals surface area contributed by atoms with Gasteiger partial charge in [0, 0.05) is 11.1 Å². The van der Waals surface area contributed by atoms with Crippen LogP contribution in [0.3, 0.4) is 0 Å². The van der Waals surface area contributed by atoms with Gasteiger partial charge in [0.05, 0.1) is 18.6 Å². The van der Waals surface area contributed by atoms with Gasteiger partial charge in [-0.2, -0.15) is 0 Å². The van der Waals surface area contributed by atoms with Crippen LogP contribution in [0.4, 0.5) is 0 Å². The van der Waals surface area contributed by atoms with Gasteiger partial charge in [-0.15, -0.1) is 0 Å². The monoisotopic (exact) mass is 286 g/mol. The molecule has 1 aromatic carbocycles. The highest BCUT2D eigenvalue weighted by Crippen LogP contribution is 2.38. The second kappa shape index (κ2) is 5.37. The second-order valence-corrected chi connectivity index (χ2v) is 5.78. The van der Waals surface area contributed by atoms with Gasteiger partial charge < -0.3 is 9.72 Å². The van der Waals surface area contributed by atoms with E-state index < -0.39 is 0 Å². The van der Waals surface area contributed by atoms with E-state index in [0.29, 0.717) is 10.6 Å². The molecular weight excluding hydrogens is 268 g/mol. The summed E-state index contributed by atoms with van der Waals surface area (Å²) in [5.74, 6) is 1.32. The van der Waals surface area contributed by atoms with Gasteiger partial charge in [0.25, 0.3) is 0 Å². The van der Waals surface area contributed by atoms with Gasteiger partial charge in [-0.1, -0.05) is 38.2 Å². The minimum absolute atomic E-state index is 0.321. The summed E-state index contributed by atoms with van der Waals surface area (Å²) in [4.78, 5) is 7.48. The van der Waals surface area contributed by atoms with Crippen molar-refractivity contribution in [2.75, 3.05) is 6.61 Å². The first-order valence-electron chi connectivity index (χ1n) is 7.01. The fourth-order valence-corrected chi connectivity index (χ4v) is 3.14. The Kier molecular flexibility index (Phi) is 3.57. The smallest absolute Gasteiger partial charge is 0.133 e. The normalized spacial score (nSPS) is 13.9. The number of rotatable bonds is 2.